The average molecular weight is 262 g/mol. The van der Waals surface area contributed by atoms with Crippen LogP contribution in [0.1, 0.15) is 35.6 Å². The SMILES string of the molecule is NC1CCCc2cn(Cc3cc(F)cc(F)c3)cc21. The van der Waals surface area contributed by atoms with Crippen molar-refractivity contribution in [1.29, 1.82) is 0 Å². The lowest BCUT2D eigenvalue weighted by Crippen LogP contribution is -2.15. The molecule has 0 aliphatic heterocycles. The van der Waals surface area contributed by atoms with E-state index in [1.807, 2.05) is 17.0 Å². The highest BCUT2D eigenvalue weighted by Crippen LogP contribution is 2.28. The fourth-order valence-corrected chi connectivity index (χ4v) is 2.79. The Morgan fingerprint density at radius 1 is 1.16 bits per heavy atom. The van der Waals surface area contributed by atoms with E-state index in [1.165, 1.54) is 23.3 Å². The molecule has 1 atom stereocenters. The summed E-state index contributed by atoms with van der Waals surface area (Å²) in [6.07, 6.45) is 7.19. The van der Waals surface area contributed by atoms with Gasteiger partial charge in [-0.1, -0.05) is 0 Å². The molecule has 1 aliphatic rings. The Morgan fingerprint density at radius 3 is 2.58 bits per heavy atom. The largest absolute Gasteiger partial charge is 0.349 e. The van der Waals surface area contributed by atoms with Crippen molar-refractivity contribution in [3.63, 3.8) is 0 Å². The van der Waals surface area contributed by atoms with Gasteiger partial charge in [0.25, 0.3) is 0 Å². The van der Waals surface area contributed by atoms with Gasteiger partial charge in [0.2, 0.25) is 0 Å². The molecule has 1 aliphatic carbocycles. The Kier molecular flexibility index (Phi) is 3.11. The minimum absolute atomic E-state index is 0.0919. The van der Waals surface area contributed by atoms with Crippen LogP contribution < -0.4 is 5.73 Å². The van der Waals surface area contributed by atoms with Crippen LogP contribution in [0.15, 0.2) is 30.6 Å². The Balaban J connectivity index is 1.87. The van der Waals surface area contributed by atoms with E-state index in [4.69, 9.17) is 5.73 Å². The summed E-state index contributed by atoms with van der Waals surface area (Å²) in [5, 5.41) is 0. The molecule has 1 aromatic heterocycles. The van der Waals surface area contributed by atoms with Crippen molar-refractivity contribution in [2.45, 2.75) is 31.8 Å². The van der Waals surface area contributed by atoms with E-state index >= 15 is 0 Å². The number of aromatic nitrogens is 1. The number of benzene rings is 1. The van der Waals surface area contributed by atoms with E-state index in [0.29, 0.717) is 12.1 Å². The molecule has 3 rings (SSSR count). The van der Waals surface area contributed by atoms with Gasteiger partial charge >= 0.3 is 0 Å². The van der Waals surface area contributed by atoms with Crippen molar-refractivity contribution in [3.8, 4) is 0 Å². The second kappa shape index (κ2) is 4.78. The normalized spacial score (nSPS) is 18.4. The van der Waals surface area contributed by atoms with E-state index in [2.05, 4.69) is 0 Å². The molecule has 1 unspecified atom stereocenters. The lowest BCUT2D eigenvalue weighted by atomic mass is 9.92. The zero-order valence-electron chi connectivity index (χ0n) is 10.6. The van der Waals surface area contributed by atoms with Crippen LogP contribution in [-0.4, -0.2) is 4.57 Å². The maximum absolute atomic E-state index is 13.2. The maximum Gasteiger partial charge on any atom is 0.126 e. The fourth-order valence-electron chi connectivity index (χ4n) is 2.79. The van der Waals surface area contributed by atoms with E-state index in [1.54, 1.807) is 0 Å². The molecule has 0 fully saturated rings. The highest BCUT2D eigenvalue weighted by molar-refractivity contribution is 5.31. The van der Waals surface area contributed by atoms with Crippen LogP contribution in [0.25, 0.3) is 0 Å². The molecule has 0 saturated carbocycles. The van der Waals surface area contributed by atoms with E-state index < -0.39 is 11.6 Å². The summed E-state index contributed by atoms with van der Waals surface area (Å²) in [6, 6.07) is 3.71. The predicted molar refractivity (Wildman–Crippen MR) is 69.8 cm³/mol. The lowest BCUT2D eigenvalue weighted by molar-refractivity contribution is 0.573. The summed E-state index contributed by atoms with van der Waals surface area (Å²) in [7, 11) is 0. The number of hydrogen-bond acceptors (Lipinski definition) is 1. The first-order valence-electron chi connectivity index (χ1n) is 6.51. The summed E-state index contributed by atoms with van der Waals surface area (Å²) in [4.78, 5) is 0. The molecule has 1 heterocycles. The standard InChI is InChI=1S/C15H16F2N2/c16-12-4-10(5-13(17)6-12)7-19-8-11-2-1-3-15(18)14(11)9-19/h4-6,8-9,15H,1-3,7,18H2. The van der Waals surface area contributed by atoms with E-state index in [0.717, 1.165) is 25.3 Å². The number of nitrogens with zero attached hydrogens (tertiary/aromatic N) is 1. The third kappa shape index (κ3) is 2.54. The molecule has 0 saturated heterocycles. The first-order valence-corrected chi connectivity index (χ1v) is 6.51. The first-order chi connectivity index (χ1) is 9.11. The summed E-state index contributed by atoms with van der Waals surface area (Å²) in [6.45, 7) is 0.467. The average Bonchev–Trinajstić information content (AvgIpc) is 2.71. The van der Waals surface area contributed by atoms with Gasteiger partial charge in [0.1, 0.15) is 11.6 Å². The summed E-state index contributed by atoms with van der Waals surface area (Å²) >= 11 is 0. The molecule has 0 bridgehead atoms. The Bertz CT molecular complexity index is 584. The molecule has 100 valence electrons. The highest BCUT2D eigenvalue weighted by atomic mass is 19.1. The highest BCUT2D eigenvalue weighted by Gasteiger charge is 2.18. The monoisotopic (exact) mass is 262 g/mol. The molecule has 0 spiro atoms. The quantitative estimate of drug-likeness (QED) is 0.885. The Hall–Kier alpha value is -1.68. The molecule has 2 N–H and O–H groups in total. The number of rotatable bonds is 2. The molecule has 4 heteroatoms. The number of hydrogen-bond donors (Lipinski definition) is 1. The number of fused-ring (bicyclic) bond motifs is 1. The summed E-state index contributed by atoms with van der Waals surface area (Å²) < 4.78 is 28.3. The molecule has 2 nitrogen and oxygen atoms in total. The van der Waals surface area contributed by atoms with Gasteiger partial charge in [0, 0.05) is 31.0 Å². The minimum Gasteiger partial charge on any atom is -0.349 e. The van der Waals surface area contributed by atoms with Gasteiger partial charge in [-0.25, -0.2) is 8.78 Å². The summed E-state index contributed by atoms with van der Waals surface area (Å²) in [5.41, 5.74) is 9.12. The van der Waals surface area contributed by atoms with E-state index in [-0.39, 0.29) is 6.04 Å². The van der Waals surface area contributed by atoms with Crippen molar-refractivity contribution in [2.24, 2.45) is 5.73 Å². The zero-order chi connectivity index (χ0) is 13.4. The van der Waals surface area contributed by atoms with Gasteiger partial charge in [-0.2, -0.15) is 0 Å². The van der Waals surface area contributed by atoms with Gasteiger partial charge in [-0.05, 0) is 48.1 Å². The second-order valence-electron chi connectivity index (χ2n) is 5.19. The van der Waals surface area contributed by atoms with Crippen molar-refractivity contribution < 1.29 is 8.78 Å². The first kappa shape index (κ1) is 12.4. The molecular weight excluding hydrogens is 246 g/mol. The van der Waals surface area contributed by atoms with Crippen molar-refractivity contribution in [2.75, 3.05) is 0 Å². The topological polar surface area (TPSA) is 30.9 Å². The van der Waals surface area contributed by atoms with Crippen LogP contribution >= 0.6 is 0 Å². The molecule has 19 heavy (non-hydrogen) atoms. The molecule has 0 amide bonds. The van der Waals surface area contributed by atoms with Crippen LogP contribution in [0.5, 0.6) is 0 Å². The summed E-state index contributed by atoms with van der Waals surface area (Å²) in [5.74, 6) is -1.08. The van der Waals surface area contributed by atoms with Gasteiger partial charge < -0.3 is 10.3 Å². The van der Waals surface area contributed by atoms with Crippen LogP contribution in [-0.2, 0) is 13.0 Å². The van der Waals surface area contributed by atoms with Crippen molar-refractivity contribution in [3.05, 3.63) is 58.9 Å². The third-order valence-corrected chi connectivity index (χ3v) is 3.65. The number of aryl methyl sites for hydroxylation is 1. The molecule has 2 aromatic rings. The van der Waals surface area contributed by atoms with Gasteiger partial charge in [-0.3, -0.25) is 0 Å². The van der Waals surface area contributed by atoms with Crippen LogP contribution in [0.4, 0.5) is 8.78 Å². The fraction of sp³-hybridized carbons (Fsp3) is 0.333. The smallest absolute Gasteiger partial charge is 0.126 e. The van der Waals surface area contributed by atoms with Gasteiger partial charge in [-0.15, -0.1) is 0 Å². The van der Waals surface area contributed by atoms with Crippen molar-refractivity contribution in [1.82, 2.24) is 4.57 Å². The van der Waals surface area contributed by atoms with E-state index in [9.17, 15) is 8.78 Å². The Labute approximate surface area is 110 Å². The minimum atomic E-state index is -0.538. The maximum atomic E-state index is 13.2. The van der Waals surface area contributed by atoms with Gasteiger partial charge in [0.05, 0.1) is 0 Å². The zero-order valence-corrected chi connectivity index (χ0v) is 10.6. The number of nitrogens with two attached hydrogens (primary N) is 1. The van der Waals surface area contributed by atoms with Crippen LogP contribution in [0.3, 0.4) is 0 Å². The Morgan fingerprint density at radius 2 is 1.89 bits per heavy atom. The second-order valence-corrected chi connectivity index (χ2v) is 5.19. The van der Waals surface area contributed by atoms with Crippen LogP contribution in [0.2, 0.25) is 0 Å². The molecule has 0 radical (unpaired) electrons. The lowest BCUT2D eigenvalue weighted by Gasteiger charge is -2.17. The third-order valence-electron chi connectivity index (χ3n) is 3.65. The molecular formula is C15H16F2N2. The van der Waals surface area contributed by atoms with Gasteiger partial charge in [0.15, 0.2) is 0 Å². The van der Waals surface area contributed by atoms with Crippen molar-refractivity contribution >= 4 is 0 Å². The van der Waals surface area contributed by atoms with Crippen LogP contribution in [0, 0.1) is 11.6 Å². The number of halogens is 2. The predicted octanol–water partition coefficient (Wildman–Crippen LogP) is 3.15. The molecule has 1 aromatic carbocycles.